The number of nitrogens with two attached hydrogens (primary N) is 1. The molecule has 0 radical (unpaired) electrons. The Morgan fingerprint density at radius 3 is 2.30 bits per heavy atom. The number of benzene rings is 3. The van der Waals surface area contributed by atoms with Gasteiger partial charge in [-0.1, -0.05) is 48.5 Å². The first-order valence-electron chi connectivity index (χ1n) is 6.74. The lowest BCUT2D eigenvalue weighted by atomic mass is 9.97. The summed E-state index contributed by atoms with van der Waals surface area (Å²) < 4.78 is 0. The minimum Gasteiger partial charge on any atom is -0.508 e. The third kappa shape index (κ3) is 2.65. The molecule has 3 N–H and O–H groups in total. The second kappa shape index (κ2) is 5.35. The molecule has 0 heterocycles. The summed E-state index contributed by atoms with van der Waals surface area (Å²) in [5, 5.41) is 11.7. The minimum absolute atomic E-state index is 0.0378. The van der Waals surface area contributed by atoms with Crippen LogP contribution >= 0.6 is 0 Å². The fraction of sp³-hybridized carbons (Fsp3) is 0.111. The van der Waals surface area contributed by atoms with E-state index < -0.39 is 0 Å². The third-order valence-electron chi connectivity index (χ3n) is 3.59. The maximum Gasteiger partial charge on any atom is 0.115 e. The zero-order chi connectivity index (χ0) is 13.9. The molecule has 0 aliphatic rings. The molecular weight excluding hydrogens is 246 g/mol. The van der Waals surface area contributed by atoms with Gasteiger partial charge in [-0.05, 0) is 46.5 Å². The molecule has 0 aliphatic heterocycles. The van der Waals surface area contributed by atoms with E-state index in [1.807, 2.05) is 24.3 Å². The molecule has 0 bridgehead atoms. The summed E-state index contributed by atoms with van der Waals surface area (Å²) in [6, 6.07) is 21.8. The predicted octanol–water partition coefficient (Wildman–Crippen LogP) is 3.79. The SMILES string of the molecule is NC(Cc1ccc(O)cc1)c1ccc2ccccc2c1. The van der Waals surface area contributed by atoms with Crippen LogP contribution in [0.4, 0.5) is 0 Å². The first-order valence-corrected chi connectivity index (χ1v) is 6.74. The number of phenols is 1. The zero-order valence-electron chi connectivity index (χ0n) is 11.2. The Bertz CT molecular complexity index is 719. The highest BCUT2D eigenvalue weighted by molar-refractivity contribution is 5.83. The topological polar surface area (TPSA) is 46.2 Å². The highest BCUT2D eigenvalue weighted by Gasteiger charge is 2.08. The van der Waals surface area contributed by atoms with E-state index >= 15 is 0 Å². The van der Waals surface area contributed by atoms with E-state index in [4.69, 9.17) is 5.73 Å². The largest absolute Gasteiger partial charge is 0.508 e. The van der Waals surface area contributed by atoms with E-state index in [-0.39, 0.29) is 11.8 Å². The first kappa shape index (κ1) is 12.7. The standard InChI is InChI=1S/C18H17NO/c19-18(11-13-5-9-17(20)10-6-13)16-8-7-14-3-1-2-4-15(14)12-16/h1-10,12,18,20H,11,19H2. The Labute approximate surface area is 118 Å². The molecule has 100 valence electrons. The van der Waals surface area contributed by atoms with Crippen molar-refractivity contribution in [2.24, 2.45) is 5.73 Å². The van der Waals surface area contributed by atoms with Crippen molar-refractivity contribution in [2.45, 2.75) is 12.5 Å². The van der Waals surface area contributed by atoms with Gasteiger partial charge in [-0.2, -0.15) is 0 Å². The fourth-order valence-corrected chi connectivity index (χ4v) is 2.44. The molecule has 3 aromatic rings. The molecular formula is C18H17NO. The van der Waals surface area contributed by atoms with Gasteiger partial charge < -0.3 is 10.8 Å². The Morgan fingerprint density at radius 1 is 0.850 bits per heavy atom. The molecule has 2 nitrogen and oxygen atoms in total. The molecule has 0 aliphatic carbocycles. The fourth-order valence-electron chi connectivity index (χ4n) is 2.44. The van der Waals surface area contributed by atoms with Crippen LogP contribution in [0.25, 0.3) is 10.8 Å². The Kier molecular flexibility index (Phi) is 3.40. The minimum atomic E-state index is -0.0378. The van der Waals surface area contributed by atoms with Gasteiger partial charge in [-0.15, -0.1) is 0 Å². The van der Waals surface area contributed by atoms with Gasteiger partial charge in [0.25, 0.3) is 0 Å². The number of rotatable bonds is 3. The van der Waals surface area contributed by atoms with E-state index in [0.29, 0.717) is 0 Å². The Balaban J connectivity index is 1.84. The summed E-state index contributed by atoms with van der Waals surface area (Å²) in [5.41, 5.74) is 8.56. The average Bonchev–Trinajstić information content (AvgIpc) is 2.49. The van der Waals surface area contributed by atoms with Crippen LogP contribution < -0.4 is 5.73 Å². The van der Waals surface area contributed by atoms with Crippen LogP contribution in [-0.2, 0) is 6.42 Å². The molecule has 0 saturated carbocycles. The molecule has 1 atom stereocenters. The first-order chi connectivity index (χ1) is 9.72. The Morgan fingerprint density at radius 2 is 1.55 bits per heavy atom. The summed E-state index contributed by atoms with van der Waals surface area (Å²) in [7, 11) is 0. The van der Waals surface area contributed by atoms with Crippen molar-refractivity contribution in [1.82, 2.24) is 0 Å². The van der Waals surface area contributed by atoms with Crippen LogP contribution in [0, 0.1) is 0 Å². The van der Waals surface area contributed by atoms with Gasteiger partial charge in [-0.3, -0.25) is 0 Å². The predicted molar refractivity (Wildman–Crippen MR) is 82.7 cm³/mol. The highest BCUT2D eigenvalue weighted by Crippen LogP contribution is 2.22. The van der Waals surface area contributed by atoms with Gasteiger partial charge in [0.2, 0.25) is 0 Å². The maximum absolute atomic E-state index is 9.29. The van der Waals surface area contributed by atoms with Gasteiger partial charge in [-0.25, -0.2) is 0 Å². The molecule has 1 unspecified atom stereocenters. The quantitative estimate of drug-likeness (QED) is 0.755. The van der Waals surface area contributed by atoms with Crippen molar-refractivity contribution in [3.63, 3.8) is 0 Å². The van der Waals surface area contributed by atoms with Crippen molar-refractivity contribution >= 4 is 10.8 Å². The summed E-state index contributed by atoms with van der Waals surface area (Å²) in [4.78, 5) is 0. The highest BCUT2D eigenvalue weighted by atomic mass is 16.3. The molecule has 0 spiro atoms. The molecule has 3 rings (SSSR count). The lowest BCUT2D eigenvalue weighted by Gasteiger charge is -2.13. The summed E-state index contributed by atoms with van der Waals surface area (Å²) >= 11 is 0. The molecule has 0 saturated heterocycles. The third-order valence-corrected chi connectivity index (χ3v) is 3.59. The average molecular weight is 263 g/mol. The molecule has 0 fully saturated rings. The Hall–Kier alpha value is -2.32. The van der Waals surface area contributed by atoms with E-state index in [1.165, 1.54) is 10.8 Å². The van der Waals surface area contributed by atoms with Gasteiger partial charge in [0.05, 0.1) is 0 Å². The normalized spacial score (nSPS) is 12.4. The lowest BCUT2D eigenvalue weighted by molar-refractivity contribution is 0.475. The van der Waals surface area contributed by atoms with Crippen LogP contribution in [0.1, 0.15) is 17.2 Å². The summed E-state index contributed by atoms with van der Waals surface area (Å²) in [6.07, 6.45) is 0.763. The van der Waals surface area contributed by atoms with Crippen molar-refractivity contribution < 1.29 is 5.11 Å². The summed E-state index contributed by atoms with van der Waals surface area (Å²) in [5.74, 6) is 0.285. The van der Waals surface area contributed by atoms with Crippen molar-refractivity contribution in [3.8, 4) is 5.75 Å². The van der Waals surface area contributed by atoms with Crippen molar-refractivity contribution in [3.05, 3.63) is 77.9 Å². The van der Waals surface area contributed by atoms with Crippen molar-refractivity contribution in [1.29, 1.82) is 0 Å². The number of hydrogen-bond acceptors (Lipinski definition) is 2. The number of fused-ring (bicyclic) bond motifs is 1. The van der Waals surface area contributed by atoms with Crippen LogP contribution in [0.15, 0.2) is 66.7 Å². The smallest absolute Gasteiger partial charge is 0.115 e. The lowest BCUT2D eigenvalue weighted by Crippen LogP contribution is -2.13. The second-order valence-electron chi connectivity index (χ2n) is 5.08. The van der Waals surface area contributed by atoms with Crippen LogP contribution in [0.2, 0.25) is 0 Å². The van der Waals surface area contributed by atoms with Crippen LogP contribution in [-0.4, -0.2) is 5.11 Å². The number of hydrogen-bond donors (Lipinski definition) is 2. The van der Waals surface area contributed by atoms with E-state index in [9.17, 15) is 5.11 Å². The van der Waals surface area contributed by atoms with Gasteiger partial charge in [0.15, 0.2) is 0 Å². The van der Waals surface area contributed by atoms with Crippen LogP contribution in [0.3, 0.4) is 0 Å². The van der Waals surface area contributed by atoms with E-state index in [0.717, 1.165) is 17.5 Å². The van der Waals surface area contributed by atoms with Crippen LogP contribution in [0.5, 0.6) is 5.75 Å². The van der Waals surface area contributed by atoms with Crippen molar-refractivity contribution in [2.75, 3.05) is 0 Å². The zero-order valence-corrected chi connectivity index (χ0v) is 11.2. The number of phenolic OH excluding ortho intramolecular Hbond substituents is 1. The number of aromatic hydroxyl groups is 1. The monoisotopic (exact) mass is 263 g/mol. The molecule has 3 aromatic carbocycles. The molecule has 2 heteroatoms. The van der Waals surface area contributed by atoms with Gasteiger partial charge >= 0.3 is 0 Å². The van der Waals surface area contributed by atoms with Gasteiger partial charge in [0.1, 0.15) is 5.75 Å². The van der Waals surface area contributed by atoms with E-state index in [1.54, 1.807) is 12.1 Å². The molecule has 0 amide bonds. The second-order valence-corrected chi connectivity index (χ2v) is 5.08. The molecule has 20 heavy (non-hydrogen) atoms. The maximum atomic E-state index is 9.29. The molecule has 0 aromatic heterocycles. The summed E-state index contributed by atoms with van der Waals surface area (Å²) in [6.45, 7) is 0. The van der Waals surface area contributed by atoms with Gasteiger partial charge in [0, 0.05) is 6.04 Å². The van der Waals surface area contributed by atoms with E-state index in [2.05, 4.69) is 30.3 Å².